The second-order valence-electron chi connectivity index (χ2n) is 6.46. The zero-order valence-electron chi connectivity index (χ0n) is 15.0. The number of pyridine rings is 1. The molecule has 1 amide bonds. The van der Waals surface area contributed by atoms with Crippen LogP contribution in [0.25, 0.3) is 5.65 Å². The first-order chi connectivity index (χ1) is 12.1. The van der Waals surface area contributed by atoms with Gasteiger partial charge in [-0.25, -0.2) is 4.98 Å². The van der Waals surface area contributed by atoms with E-state index < -0.39 is 0 Å². The average Bonchev–Trinajstić information content (AvgIpc) is 2.99. The van der Waals surface area contributed by atoms with Crippen LogP contribution in [-0.2, 0) is 11.3 Å². The van der Waals surface area contributed by atoms with Gasteiger partial charge in [0, 0.05) is 58.2 Å². The number of nitrogens with zero attached hydrogens (tertiary/aromatic N) is 5. The van der Waals surface area contributed by atoms with Gasteiger partial charge in [0.05, 0.1) is 17.3 Å². The number of aromatic nitrogens is 2. The fourth-order valence-electron chi connectivity index (χ4n) is 3.30. The molecule has 2 aromatic rings. The van der Waals surface area contributed by atoms with Crippen molar-refractivity contribution in [1.82, 2.24) is 24.1 Å². The molecule has 3 heterocycles. The smallest absolute Gasteiger partial charge is 0.236 e. The van der Waals surface area contributed by atoms with Crippen LogP contribution in [0, 0.1) is 0 Å². The molecular weight excluding hydrogens is 338 g/mol. The Morgan fingerprint density at radius 3 is 2.48 bits per heavy atom. The van der Waals surface area contributed by atoms with Gasteiger partial charge in [0.1, 0.15) is 5.65 Å². The molecule has 0 atom stereocenters. The van der Waals surface area contributed by atoms with Gasteiger partial charge in [-0.05, 0) is 26.0 Å². The number of amides is 1. The largest absolute Gasteiger partial charge is 0.342 e. The fourth-order valence-corrected chi connectivity index (χ4v) is 3.46. The number of halogens is 1. The summed E-state index contributed by atoms with van der Waals surface area (Å²) in [5, 5.41) is 0.711. The van der Waals surface area contributed by atoms with Crippen LogP contribution in [0.4, 0.5) is 0 Å². The Hall–Kier alpha value is -1.63. The average molecular weight is 364 g/mol. The van der Waals surface area contributed by atoms with Crippen molar-refractivity contribution in [3.8, 4) is 0 Å². The molecule has 1 fully saturated rings. The van der Waals surface area contributed by atoms with Crippen molar-refractivity contribution in [2.75, 3.05) is 45.8 Å². The van der Waals surface area contributed by atoms with Gasteiger partial charge in [-0.1, -0.05) is 11.6 Å². The molecule has 25 heavy (non-hydrogen) atoms. The zero-order valence-corrected chi connectivity index (χ0v) is 15.7. The van der Waals surface area contributed by atoms with Crippen molar-refractivity contribution in [1.29, 1.82) is 0 Å². The van der Waals surface area contributed by atoms with Crippen LogP contribution < -0.4 is 0 Å². The highest BCUT2D eigenvalue weighted by molar-refractivity contribution is 6.30. The quantitative estimate of drug-likeness (QED) is 0.787. The Bertz CT molecular complexity index is 719. The molecule has 0 spiro atoms. The van der Waals surface area contributed by atoms with E-state index in [0.717, 1.165) is 57.2 Å². The summed E-state index contributed by atoms with van der Waals surface area (Å²) in [6.45, 7) is 10.8. The predicted octanol–water partition coefficient (Wildman–Crippen LogP) is 1.97. The van der Waals surface area contributed by atoms with Crippen molar-refractivity contribution in [2.45, 2.75) is 20.4 Å². The van der Waals surface area contributed by atoms with Crippen LogP contribution in [-0.4, -0.2) is 75.8 Å². The van der Waals surface area contributed by atoms with Gasteiger partial charge >= 0.3 is 0 Å². The number of hydrogen-bond donors (Lipinski definition) is 0. The summed E-state index contributed by atoms with van der Waals surface area (Å²) in [5.74, 6) is 0.232. The lowest BCUT2D eigenvalue weighted by molar-refractivity contribution is -0.132. The van der Waals surface area contributed by atoms with E-state index in [9.17, 15) is 4.79 Å². The molecule has 0 bridgehead atoms. The highest BCUT2D eigenvalue weighted by Gasteiger charge is 2.21. The minimum Gasteiger partial charge on any atom is -0.342 e. The van der Waals surface area contributed by atoms with E-state index in [1.54, 1.807) is 0 Å². The lowest BCUT2D eigenvalue weighted by Crippen LogP contribution is -2.49. The van der Waals surface area contributed by atoms with Crippen molar-refractivity contribution < 1.29 is 4.79 Å². The number of hydrogen-bond acceptors (Lipinski definition) is 4. The maximum atomic E-state index is 12.2. The highest BCUT2D eigenvalue weighted by atomic mass is 35.5. The monoisotopic (exact) mass is 363 g/mol. The van der Waals surface area contributed by atoms with Gasteiger partial charge in [0.25, 0.3) is 0 Å². The van der Waals surface area contributed by atoms with E-state index in [0.29, 0.717) is 11.6 Å². The number of piperazine rings is 1. The summed E-state index contributed by atoms with van der Waals surface area (Å²) in [6.07, 6.45) is 3.92. The molecule has 1 aliphatic rings. The van der Waals surface area contributed by atoms with Gasteiger partial charge in [-0.3, -0.25) is 14.6 Å². The van der Waals surface area contributed by atoms with Crippen LogP contribution in [0.1, 0.15) is 19.5 Å². The second-order valence-corrected chi connectivity index (χ2v) is 6.90. The summed E-state index contributed by atoms with van der Waals surface area (Å²) < 4.78 is 1.97. The molecule has 0 N–H and O–H groups in total. The number of rotatable bonds is 6. The normalized spacial score (nSPS) is 16.4. The summed E-state index contributed by atoms with van der Waals surface area (Å²) in [5.41, 5.74) is 1.97. The van der Waals surface area contributed by atoms with Crippen molar-refractivity contribution in [2.24, 2.45) is 0 Å². The molecule has 0 aromatic carbocycles. The third kappa shape index (κ3) is 4.51. The molecular formula is C18H26ClN5O. The van der Waals surface area contributed by atoms with Gasteiger partial charge in [0.2, 0.25) is 5.91 Å². The standard InChI is InChI=1S/C18H26ClN5O/c1-3-23(4-2)18(25)14-22-9-7-21(8-10-22)12-16-13-24-11-15(19)5-6-17(24)20-16/h5-6,11,13H,3-4,7-10,12,14H2,1-2H3. The van der Waals surface area contributed by atoms with Crippen molar-refractivity contribution in [3.63, 3.8) is 0 Å². The third-order valence-corrected chi connectivity index (χ3v) is 5.01. The third-order valence-electron chi connectivity index (χ3n) is 4.79. The van der Waals surface area contributed by atoms with E-state index in [4.69, 9.17) is 11.6 Å². The fraction of sp³-hybridized carbons (Fsp3) is 0.556. The number of carbonyl (C=O) groups is 1. The van der Waals surface area contributed by atoms with Crippen LogP contribution in [0.2, 0.25) is 5.02 Å². The maximum absolute atomic E-state index is 12.2. The van der Waals surface area contributed by atoms with Crippen LogP contribution in [0.3, 0.4) is 0 Å². The Morgan fingerprint density at radius 2 is 1.80 bits per heavy atom. The SMILES string of the molecule is CCN(CC)C(=O)CN1CCN(Cc2cn3cc(Cl)ccc3n2)CC1. The molecule has 2 aromatic heterocycles. The highest BCUT2D eigenvalue weighted by Crippen LogP contribution is 2.14. The molecule has 0 saturated carbocycles. The molecule has 6 nitrogen and oxygen atoms in total. The first kappa shape index (κ1) is 18.2. The van der Waals surface area contributed by atoms with Gasteiger partial charge in [-0.2, -0.15) is 0 Å². The molecule has 3 rings (SSSR count). The van der Waals surface area contributed by atoms with Crippen LogP contribution >= 0.6 is 11.6 Å². The Kier molecular flexibility index (Phi) is 5.93. The number of carbonyl (C=O) groups excluding carboxylic acids is 1. The predicted molar refractivity (Wildman–Crippen MR) is 99.8 cm³/mol. The molecule has 0 unspecified atom stereocenters. The van der Waals surface area contributed by atoms with E-state index in [-0.39, 0.29) is 5.91 Å². The number of fused-ring (bicyclic) bond motifs is 1. The molecule has 0 aliphatic carbocycles. The zero-order chi connectivity index (χ0) is 17.8. The van der Waals surface area contributed by atoms with Crippen LogP contribution in [0.15, 0.2) is 24.5 Å². The maximum Gasteiger partial charge on any atom is 0.236 e. The Labute approximate surface area is 154 Å². The van der Waals surface area contributed by atoms with Gasteiger partial charge in [-0.15, -0.1) is 0 Å². The Balaban J connectivity index is 1.51. The minimum absolute atomic E-state index is 0.232. The van der Waals surface area contributed by atoms with E-state index in [1.807, 2.05) is 47.7 Å². The lowest BCUT2D eigenvalue weighted by Gasteiger charge is -2.34. The van der Waals surface area contributed by atoms with Crippen molar-refractivity contribution in [3.05, 3.63) is 35.2 Å². The topological polar surface area (TPSA) is 44.1 Å². The Morgan fingerprint density at radius 1 is 1.12 bits per heavy atom. The molecule has 136 valence electrons. The first-order valence-electron chi connectivity index (χ1n) is 8.94. The molecule has 7 heteroatoms. The summed E-state index contributed by atoms with van der Waals surface area (Å²) in [7, 11) is 0. The summed E-state index contributed by atoms with van der Waals surface area (Å²) in [4.78, 5) is 23.4. The minimum atomic E-state index is 0.232. The molecule has 0 radical (unpaired) electrons. The summed E-state index contributed by atoms with van der Waals surface area (Å²) in [6, 6.07) is 3.79. The van der Waals surface area contributed by atoms with E-state index in [2.05, 4.69) is 14.8 Å². The van der Waals surface area contributed by atoms with E-state index in [1.165, 1.54) is 0 Å². The van der Waals surface area contributed by atoms with Crippen molar-refractivity contribution >= 4 is 23.2 Å². The van der Waals surface area contributed by atoms with Gasteiger partial charge in [0.15, 0.2) is 0 Å². The first-order valence-corrected chi connectivity index (χ1v) is 9.32. The van der Waals surface area contributed by atoms with Gasteiger partial charge < -0.3 is 9.30 Å². The van der Waals surface area contributed by atoms with E-state index >= 15 is 0 Å². The molecule has 1 saturated heterocycles. The summed E-state index contributed by atoms with van der Waals surface area (Å²) >= 11 is 6.02. The van der Waals surface area contributed by atoms with Crippen LogP contribution in [0.5, 0.6) is 0 Å². The lowest BCUT2D eigenvalue weighted by atomic mass is 10.3. The second kappa shape index (κ2) is 8.17. The molecule has 1 aliphatic heterocycles. The number of imidazole rings is 1. The number of likely N-dealkylation sites (N-methyl/N-ethyl adjacent to an activating group) is 1.